The quantitative estimate of drug-likeness (QED) is 0.654. The summed E-state index contributed by atoms with van der Waals surface area (Å²) in [6.07, 6.45) is 0.729. The summed E-state index contributed by atoms with van der Waals surface area (Å²) in [6, 6.07) is 7.95. The van der Waals surface area contributed by atoms with E-state index in [1.165, 1.54) is 4.90 Å². The van der Waals surface area contributed by atoms with E-state index in [-0.39, 0.29) is 17.4 Å². The molecular formula is C21H29N3O5S. The maximum absolute atomic E-state index is 13.3. The van der Waals surface area contributed by atoms with E-state index in [1.54, 1.807) is 24.3 Å². The normalized spacial score (nSPS) is 25.6. The molecule has 2 fully saturated rings. The number of urea groups is 1. The summed E-state index contributed by atoms with van der Waals surface area (Å²) >= 11 is 0. The Morgan fingerprint density at radius 2 is 1.93 bits per heavy atom. The first-order chi connectivity index (χ1) is 14.1. The van der Waals surface area contributed by atoms with Gasteiger partial charge in [0, 0.05) is 12.6 Å². The Kier molecular flexibility index (Phi) is 6.21. The summed E-state index contributed by atoms with van der Waals surface area (Å²) in [4.78, 5) is 41.5. The fraction of sp³-hybridized carbons (Fsp3) is 0.571. The molecule has 2 aliphatic rings. The van der Waals surface area contributed by atoms with Gasteiger partial charge >= 0.3 is 6.03 Å². The highest BCUT2D eigenvalue weighted by atomic mass is 32.2. The summed E-state index contributed by atoms with van der Waals surface area (Å²) < 4.78 is 23.8. The molecule has 30 heavy (non-hydrogen) atoms. The summed E-state index contributed by atoms with van der Waals surface area (Å²) in [7, 11) is -3.17. The maximum atomic E-state index is 13.3. The van der Waals surface area contributed by atoms with Crippen molar-refractivity contribution in [3.05, 3.63) is 35.9 Å². The van der Waals surface area contributed by atoms with Gasteiger partial charge in [-0.05, 0) is 24.3 Å². The molecule has 1 aromatic rings. The van der Waals surface area contributed by atoms with E-state index < -0.39 is 45.8 Å². The van der Waals surface area contributed by atoms with E-state index >= 15 is 0 Å². The average molecular weight is 436 g/mol. The van der Waals surface area contributed by atoms with E-state index in [2.05, 4.69) is 5.32 Å². The number of amides is 4. The van der Waals surface area contributed by atoms with Crippen molar-refractivity contribution in [2.24, 2.45) is 5.92 Å². The van der Waals surface area contributed by atoms with Gasteiger partial charge in [0.15, 0.2) is 9.84 Å². The summed E-state index contributed by atoms with van der Waals surface area (Å²) in [6.45, 7) is 5.66. The third-order valence-corrected chi connectivity index (χ3v) is 7.55. The second-order valence-electron chi connectivity index (χ2n) is 8.44. The SMILES string of the molecule is CC[C@@]1(c2ccccc2)NC(=O)N(CC(=O)N(CC(C)C)[C@H]2CCS(=O)(=O)C2)C1=O. The van der Waals surface area contributed by atoms with Crippen LogP contribution in [0.25, 0.3) is 0 Å². The number of nitrogens with zero attached hydrogens (tertiary/aromatic N) is 2. The van der Waals surface area contributed by atoms with Gasteiger partial charge in [0.05, 0.1) is 11.5 Å². The Morgan fingerprint density at radius 3 is 2.47 bits per heavy atom. The van der Waals surface area contributed by atoms with E-state index in [9.17, 15) is 22.8 Å². The lowest BCUT2D eigenvalue weighted by Crippen LogP contribution is -2.49. The molecule has 8 nitrogen and oxygen atoms in total. The Hall–Kier alpha value is -2.42. The molecule has 1 aromatic carbocycles. The molecule has 3 rings (SSSR count). The number of hydrogen-bond donors (Lipinski definition) is 1. The van der Waals surface area contributed by atoms with Crippen molar-refractivity contribution in [3.63, 3.8) is 0 Å². The molecule has 2 aliphatic heterocycles. The molecule has 0 spiro atoms. The van der Waals surface area contributed by atoms with Crippen molar-refractivity contribution >= 4 is 27.7 Å². The van der Waals surface area contributed by atoms with Gasteiger partial charge in [0.25, 0.3) is 5.91 Å². The van der Waals surface area contributed by atoms with Crippen LogP contribution in [0.3, 0.4) is 0 Å². The lowest BCUT2D eigenvalue weighted by Gasteiger charge is -2.31. The minimum Gasteiger partial charge on any atom is -0.337 e. The van der Waals surface area contributed by atoms with Crippen LogP contribution in [0.15, 0.2) is 30.3 Å². The Bertz CT molecular complexity index is 931. The van der Waals surface area contributed by atoms with E-state index in [0.29, 0.717) is 24.9 Å². The minimum atomic E-state index is -3.17. The van der Waals surface area contributed by atoms with Crippen LogP contribution in [0.5, 0.6) is 0 Å². The fourth-order valence-electron chi connectivity index (χ4n) is 4.23. The predicted molar refractivity (Wildman–Crippen MR) is 112 cm³/mol. The molecule has 164 valence electrons. The van der Waals surface area contributed by atoms with Crippen LogP contribution in [0.1, 0.15) is 39.2 Å². The zero-order valence-corrected chi connectivity index (χ0v) is 18.4. The van der Waals surface area contributed by atoms with E-state index in [4.69, 9.17) is 0 Å². The van der Waals surface area contributed by atoms with Gasteiger partial charge in [0.1, 0.15) is 12.1 Å². The third-order valence-electron chi connectivity index (χ3n) is 5.80. The maximum Gasteiger partial charge on any atom is 0.325 e. The molecule has 2 atom stereocenters. The largest absolute Gasteiger partial charge is 0.337 e. The fourth-order valence-corrected chi connectivity index (χ4v) is 5.96. The zero-order valence-electron chi connectivity index (χ0n) is 17.6. The standard InChI is InChI=1S/C21H29N3O5S/c1-4-21(16-8-6-5-7-9-16)19(26)24(20(27)22-21)13-18(25)23(12-15(2)3)17-10-11-30(28,29)14-17/h5-9,15,17H,4,10-14H2,1-3H3,(H,22,27)/t17-,21-/m0/s1. The van der Waals surface area contributed by atoms with Gasteiger partial charge in [-0.15, -0.1) is 0 Å². The molecule has 4 amide bonds. The molecule has 0 aromatic heterocycles. The Morgan fingerprint density at radius 1 is 1.27 bits per heavy atom. The van der Waals surface area contributed by atoms with Crippen molar-refractivity contribution in [2.75, 3.05) is 24.6 Å². The monoisotopic (exact) mass is 435 g/mol. The first-order valence-electron chi connectivity index (χ1n) is 10.3. The average Bonchev–Trinajstić information content (AvgIpc) is 3.18. The van der Waals surface area contributed by atoms with Gasteiger partial charge in [-0.2, -0.15) is 0 Å². The molecule has 0 unspecified atom stereocenters. The highest BCUT2D eigenvalue weighted by Gasteiger charge is 2.52. The molecule has 0 saturated carbocycles. The number of carbonyl (C=O) groups excluding carboxylic acids is 3. The van der Waals surface area contributed by atoms with Crippen LogP contribution >= 0.6 is 0 Å². The van der Waals surface area contributed by atoms with Crippen molar-refractivity contribution < 1.29 is 22.8 Å². The molecule has 2 heterocycles. The lowest BCUT2D eigenvalue weighted by molar-refractivity contribution is -0.140. The van der Waals surface area contributed by atoms with Gasteiger partial charge < -0.3 is 10.2 Å². The molecule has 9 heteroatoms. The highest BCUT2D eigenvalue weighted by Crippen LogP contribution is 2.32. The van der Waals surface area contributed by atoms with Crippen molar-refractivity contribution in [1.29, 1.82) is 0 Å². The smallest absolute Gasteiger partial charge is 0.325 e. The number of imide groups is 1. The summed E-state index contributed by atoms with van der Waals surface area (Å²) in [5.74, 6) is -0.767. The van der Waals surface area contributed by atoms with Crippen LogP contribution in [0.2, 0.25) is 0 Å². The number of carbonyl (C=O) groups is 3. The zero-order chi connectivity index (χ0) is 22.1. The van der Waals surface area contributed by atoms with Crippen LogP contribution in [0.4, 0.5) is 4.79 Å². The number of benzene rings is 1. The van der Waals surface area contributed by atoms with Gasteiger partial charge in [-0.3, -0.25) is 14.5 Å². The second-order valence-corrected chi connectivity index (χ2v) is 10.7. The second kappa shape index (κ2) is 8.37. The molecular weight excluding hydrogens is 406 g/mol. The Balaban J connectivity index is 1.82. The van der Waals surface area contributed by atoms with E-state index in [0.717, 1.165) is 4.90 Å². The molecule has 0 radical (unpaired) electrons. The van der Waals surface area contributed by atoms with Crippen LogP contribution in [-0.2, 0) is 25.0 Å². The van der Waals surface area contributed by atoms with Crippen LogP contribution in [0, 0.1) is 5.92 Å². The minimum absolute atomic E-state index is 0.0512. The Labute approximate surface area is 177 Å². The number of sulfone groups is 1. The molecule has 0 aliphatic carbocycles. The third kappa shape index (κ3) is 4.21. The number of nitrogens with one attached hydrogen (secondary N) is 1. The van der Waals surface area contributed by atoms with Gasteiger partial charge in [-0.1, -0.05) is 51.1 Å². The number of rotatable bonds is 7. The molecule has 0 bridgehead atoms. The topological polar surface area (TPSA) is 104 Å². The first kappa shape index (κ1) is 22.3. The van der Waals surface area contributed by atoms with E-state index in [1.807, 2.05) is 26.8 Å². The summed E-state index contributed by atoms with van der Waals surface area (Å²) in [5, 5.41) is 2.77. The summed E-state index contributed by atoms with van der Waals surface area (Å²) in [5.41, 5.74) is -0.528. The molecule has 1 N–H and O–H groups in total. The lowest BCUT2D eigenvalue weighted by atomic mass is 9.87. The molecule has 2 saturated heterocycles. The highest BCUT2D eigenvalue weighted by molar-refractivity contribution is 7.91. The van der Waals surface area contributed by atoms with Gasteiger partial charge in [0.2, 0.25) is 5.91 Å². The van der Waals surface area contributed by atoms with Crippen molar-refractivity contribution in [3.8, 4) is 0 Å². The van der Waals surface area contributed by atoms with Gasteiger partial charge in [-0.25, -0.2) is 13.2 Å². The number of hydrogen-bond acceptors (Lipinski definition) is 5. The predicted octanol–water partition coefficient (Wildman–Crippen LogP) is 1.52. The first-order valence-corrected chi connectivity index (χ1v) is 12.1. The van der Waals surface area contributed by atoms with Crippen molar-refractivity contribution in [1.82, 2.24) is 15.1 Å². The van der Waals surface area contributed by atoms with Crippen molar-refractivity contribution in [2.45, 2.75) is 45.2 Å². The van der Waals surface area contributed by atoms with Crippen LogP contribution in [-0.4, -0.2) is 66.7 Å². The van der Waals surface area contributed by atoms with Crippen LogP contribution < -0.4 is 5.32 Å².